The Morgan fingerprint density at radius 3 is 2.55 bits per heavy atom. The van der Waals surface area contributed by atoms with Gasteiger partial charge in [0.25, 0.3) is 5.91 Å². The Morgan fingerprint density at radius 2 is 1.89 bits per heavy atom. The average molecular weight is 513 g/mol. The lowest BCUT2D eigenvalue weighted by Gasteiger charge is -2.36. The van der Waals surface area contributed by atoms with E-state index >= 15 is 0 Å². The Labute approximate surface area is 223 Å². The Bertz CT molecular complexity index is 1440. The molecule has 2 aliphatic rings. The quantitative estimate of drug-likeness (QED) is 0.450. The van der Waals surface area contributed by atoms with Crippen LogP contribution in [0.3, 0.4) is 0 Å². The van der Waals surface area contributed by atoms with Crippen molar-refractivity contribution in [1.29, 1.82) is 0 Å². The zero-order chi connectivity index (χ0) is 27.0. The topological polar surface area (TPSA) is 106 Å². The van der Waals surface area contributed by atoms with Crippen LogP contribution in [-0.4, -0.2) is 43.8 Å². The van der Waals surface area contributed by atoms with Crippen molar-refractivity contribution >= 4 is 39.9 Å². The SMILES string of the molecule is C=C(C)C(=O)Nc1ccc(-c2c(C3=CCC(C(=O)N4CCCC[C@@H]4C)CC3)c3c(N)ncnc3n2C)cc1. The molecule has 1 saturated heterocycles. The van der Waals surface area contributed by atoms with E-state index in [1.165, 1.54) is 18.3 Å². The highest BCUT2D eigenvalue weighted by atomic mass is 16.2. The van der Waals surface area contributed by atoms with Crippen molar-refractivity contribution in [3.05, 3.63) is 54.4 Å². The smallest absolute Gasteiger partial charge is 0.250 e. The van der Waals surface area contributed by atoms with Crippen LogP contribution in [0.15, 0.2) is 48.8 Å². The Hall–Kier alpha value is -3.94. The van der Waals surface area contributed by atoms with E-state index in [1.807, 2.05) is 31.3 Å². The molecule has 1 fully saturated rings. The van der Waals surface area contributed by atoms with Crippen LogP contribution in [0, 0.1) is 5.92 Å². The number of carbonyl (C=O) groups is 2. The van der Waals surface area contributed by atoms with Crippen LogP contribution in [-0.2, 0) is 16.6 Å². The van der Waals surface area contributed by atoms with Crippen LogP contribution < -0.4 is 11.1 Å². The first kappa shape index (κ1) is 25.7. The van der Waals surface area contributed by atoms with Crippen molar-refractivity contribution in [3.8, 4) is 11.3 Å². The highest BCUT2D eigenvalue weighted by Gasteiger charge is 2.32. The molecule has 1 aromatic carbocycles. The second-order valence-corrected chi connectivity index (χ2v) is 10.6. The maximum absolute atomic E-state index is 13.3. The van der Waals surface area contributed by atoms with E-state index in [0.29, 0.717) is 35.4 Å². The first-order valence-corrected chi connectivity index (χ1v) is 13.4. The van der Waals surface area contributed by atoms with Gasteiger partial charge in [0.1, 0.15) is 17.8 Å². The fraction of sp³-hybridized carbons (Fsp3) is 0.400. The van der Waals surface area contributed by atoms with Gasteiger partial charge in [0.2, 0.25) is 5.91 Å². The lowest BCUT2D eigenvalue weighted by molar-refractivity contribution is -0.139. The third kappa shape index (κ3) is 4.71. The Balaban J connectivity index is 1.50. The standard InChI is InChI=1S/C30H36N6O2/c1-18(2)29(37)34-23-14-12-21(13-15-23)26-24(25-27(31)32-17-33-28(25)35(26)4)20-8-10-22(11-9-20)30(38)36-16-6-5-7-19(36)3/h8,12-15,17,19,22H,1,5-7,9-11,16H2,2-4H3,(H,34,37)(H2,31,32,33)/t19-,22?/m0/s1. The van der Waals surface area contributed by atoms with Crippen LogP contribution >= 0.6 is 0 Å². The van der Waals surface area contributed by atoms with E-state index in [4.69, 9.17) is 5.73 Å². The van der Waals surface area contributed by atoms with Gasteiger partial charge in [-0.1, -0.05) is 24.8 Å². The summed E-state index contributed by atoms with van der Waals surface area (Å²) in [7, 11) is 1.98. The fourth-order valence-electron chi connectivity index (χ4n) is 5.82. The summed E-state index contributed by atoms with van der Waals surface area (Å²) < 4.78 is 2.05. The number of nitrogens with one attached hydrogen (secondary N) is 1. The molecule has 2 amide bonds. The van der Waals surface area contributed by atoms with Crippen LogP contribution in [0.25, 0.3) is 27.9 Å². The first-order chi connectivity index (χ1) is 18.3. The van der Waals surface area contributed by atoms with Crippen LogP contribution in [0.1, 0.15) is 57.9 Å². The van der Waals surface area contributed by atoms with E-state index in [2.05, 4.69) is 44.3 Å². The molecule has 2 aromatic heterocycles. The average Bonchev–Trinajstić information content (AvgIpc) is 3.22. The molecule has 2 atom stereocenters. The molecule has 5 rings (SSSR count). The number of nitrogen functional groups attached to an aromatic ring is 1. The summed E-state index contributed by atoms with van der Waals surface area (Å²) in [6, 6.07) is 8.07. The fourth-order valence-corrected chi connectivity index (χ4v) is 5.82. The predicted octanol–water partition coefficient (Wildman–Crippen LogP) is 5.32. The summed E-state index contributed by atoms with van der Waals surface area (Å²) >= 11 is 0. The van der Waals surface area contributed by atoms with Crippen LogP contribution in [0.5, 0.6) is 0 Å². The van der Waals surface area contributed by atoms with Gasteiger partial charge in [-0.2, -0.15) is 0 Å². The molecule has 3 heterocycles. The molecular weight excluding hydrogens is 476 g/mol. The number of anilines is 2. The van der Waals surface area contributed by atoms with Crippen molar-refractivity contribution < 1.29 is 9.59 Å². The molecule has 0 radical (unpaired) electrons. The molecule has 1 unspecified atom stereocenters. The van der Waals surface area contributed by atoms with Crippen LogP contribution in [0.4, 0.5) is 11.5 Å². The van der Waals surface area contributed by atoms with Crippen molar-refractivity contribution in [2.75, 3.05) is 17.6 Å². The van der Waals surface area contributed by atoms with Crippen molar-refractivity contribution in [2.45, 2.75) is 58.4 Å². The number of rotatable bonds is 5. The number of benzene rings is 1. The predicted molar refractivity (Wildman–Crippen MR) is 152 cm³/mol. The maximum Gasteiger partial charge on any atom is 0.250 e. The van der Waals surface area contributed by atoms with Gasteiger partial charge in [-0.15, -0.1) is 0 Å². The molecule has 0 saturated carbocycles. The van der Waals surface area contributed by atoms with Crippen molar-refractivity contribution in [1.82, 2.24) is 19.4 Å². The number of nitrogens with two attached hydrogens (primary N) is 1. The number of amides is 2. The molecule has 8 heteroatoms. The summed E-state index contributed by atoms with van der Waals surface area (Å²) in [6.45, 7) is 8.42. The van der Waals surface area contributed by atoms with Gasteiger partial charge in [0, 0.05) is 42.4 Å². The minimum Gasteiger partial charge on any atom is -0.383 e. The van der Waals surface area contributed by atoms with E-state index < -0.39 is 0 Å². The number of piperidine rings is 1. The molecule has 1 aliphatic heterocycles. The lowest BCUT2D eigenvalue weighted by atomic mass is 9.83. The minimum atomic E-state index is -0.207. The second kappa shape index (κ2) is 10.4. The Kier molecular flexibility index (Phi) is 7.06. The molecule has 3 aromatic rings. The van der Waals surface area contributed by atoms with E-state index in [0.717, 1.165) is 60.1 Å². The molecule has 3 N–H and O–H groups in total. The number of allylic oxidation sites excluding steroid dienone is 2. The molecule has 0 spiro atoms. The Morgan fingerprint density at radius 1 is 1.13 bits per heavy atom. The van der Waals surface area contributed by atoms with Gasteiger partial charge in [-0.25, -0.2) is 9.97 Å². The van der Waals surface area contributed by atoms with E-state index in [9.17, 15) is 9.59 Å². The largest absolute Gasteiger partial charge is 0.383 e. The third-order valence-corrected chi connectivity index (χ3v) is 7.97. The summed E-state index contributed by atoms with van der Waals surface area (Å²) in [5.41, 5.74) is 12.5. The zero-order valence-corrected chi connectivity index (χ0v) is 22.5. The first-order valence-electron chi connectivity index (χ1n) is 13.4. The van der Waals surface area contributed by atoms with Gasteiger partial charge >= 0.3 is 0 Å². The van der Waals surface area contributed by atoms with Crippen molar-refractivity contribution in [2.24, 2.45) is 13.0 Å². The van der Waals surface area contributed by atoms with Gasteiger partial charge in [0.05, 0.1) is 11.1 Å². The number of nitrogens with zero attached hydrogens (tertiary/aromatic N) is 4. The number of aromatic nitrogens is 3. The summed E-state index contributed by atoms with van der Waals surface area (Å²) in [5.74, 6) is 0.545. The van der Waals surface area contributed by atoms with Gasteiger partial charge in [-0.3, -0.25) is 9.59 Å². The molecular formula is C30H36N6O2. The number of likely N-dealkylation sites (tertiary alicyclic amines) is 1. The van der Waals surface area contributed by atoms with Gasteiger partial charge < -0.3 is 20.5 Å². The molecule has 0 bridgehead atoms. The highest BCUT2D eigenvalue weighted by Crippen LogP contribution is 2.43. The highest BCUT2D eigenvalue weighted by molar-refractivity contribution is 6.05. The molecule has 8 nitrogen and oxygen atoms in total. The summed E-state index contributed by atoms with van der Waals surface area (Å²) in [5, 5.41) is 3.70. The van der Waals surface area contributed by atoms with Gasteiger partial charge in [0.15, 0.2) is 0 Å². The van der Waals surface area contributed by atoms with Crippen LogP contribution in [0.2, 0.25) is 0 Å². The summed E-state index contributed by atoms with van der Waals surface area (Å²) in [4.78, 5) is 36.3. The maximum atomic E-state index is 13.3. The van der Waals surface area contributed by atoms with Crippen molar-refractivity contribution in [3.63, 3.8) is 0 Å². The number of hydrogen-bond donors (Lipinski definition) is 2. The monoisotopic (exact) mass is 512 g/mol. The second-order valence-electron chi connectivity index (χ2n) is 10.6. The normalized spacial score (nSPS) is 19.8. The van der Waals surface area contributed by atoms with Gasteiger partial charge in [-0.05, 0) is 75.6 Å². The lowest BCUT2D eigenvalue weighted by Crippen LogP contribution is -2.45. The van der Waals surface area contributed by atoms with E-state index in [-0.39, 0.29) is 11.8 Å². The third-order valence-electron chi connectivity index (χ3n) is 7.97. The number of carbonyl (C=O) groups excluding carboxylic acids is 2. The summed E-state index contributed by atoms with van der Waals surface area (Å²) in [6.07, 6.45) is 9.40. The number of hydrogen-bond acceptors (Lipinski definition) is 5. The molecule has 198 valence electrons. The molecule has 1 aliphatic carbocycles. The minimum absolute atomic E-state index is 0.0162. The number of fused-ring (bicyclic) bond motifs is 1. The van der Waals surface area contributed by atoms with E-state index in [1.54, 1.807) is 6.92 Å². The number of aryl methyl sites for hydroxylation is 1. The zero-order valence-electron chi connectivity index (χ0n) is 22.5. The molecule has 38 heavy (non-hydrogen) atoms.